The Bertz CT molecular complexity index is 841. The minimum atomic E-state index is -0.394. The summed E-state index contributed by atoms with van der Waals surface area (Å²) < 4.78 is 18.9. The number of H-pyrrole nitrogens is 1. The fraction of sp³-hybridized carbons (Fsp3) is 0.0625. The number of hydrogen-bond acceptors (Lipinski definition) is 2. The van der Waals surface area contributed by atoms with Crippen LogP contribution < -0.4 is 4.74 Å². The summed E-state index contributed by atoms with van der Waals surface area (Å²) in [4.78, 5) is 15.7. The quantitative estimate of drug-likeness (QED) is 0.717. The molecule has 0 saturated heterocycles. The number of fused-ring (bicyclic) bond motifs is 1. The number of halogens is 2. The van der Waals surface area contributed by atoms with Crippen LogP contribution in [0.1, 0.15) is 15.9 Å². The zero-order chi connectivity index (χ0) is 15.0. The summed E-state index contributed by atoms with van der Waals surface area (Å²) in [6.45, 7) is 0. The molecule has 0 aliphatic heterocycles. The van der Waals surface area contributed by atoms with E-state index < -0.39 is 5.82 Å². The molecule has 3 aromatic rings. The minimum Gasteiger partial charge on any atom is -0.496 e. The van der Waals surface area contributed by atoms with Gasteiger partial charge in [0.15, 0.2) is 5.78 Å². The van der Waals surface area contributed by atoms with Crippen molar-refractivity contribution < 1.29 is 13.9 Å². The number of ketones is 1. The predicted octanol–water partition coefficient (Wildman–Crippen LogP) is 4.31. The maximum atomic E-state index is 13.2. The summed E-state index contributed by atoms with van der Waals surface area (Å²) in [5.41, 5.74) is 1.72. The van der Waals surface area contributed by atoms with Gasteiger partial charge in [-0.05, 0) is 46.3 Å². The molecule has 5 heteroatoms. The maximum Gasteiger partial charge on any atom is 0.196 e. The molecule has 2 aromatic carbocycles. The van der Waals surface area contributed by atoms with Crippen molar-refractivity contribution in [3.63, 3.8) is 0 Å². The van der Waals surface area contributed by atoms with Crippen LogP contribution in [-0.2, 0) is 0 Å². The molecule has 0 aliphatic carbocycles. The highest BCUT2D eigenvalue weighted by Gasteiger charge is 2.19. The maximum absolute atomic E-state index is 13.2. The van der Waals surface area contributed by atoms with E-state index >= 15 is 0 Å². The van der Waals surface area contributed by atoms with Gasteiger partial charge in [-0.25, -0.2) is 4.39 Å². The van der Waals surface area contributed by atoms with E-state index in [2.05, 4.69) is 20.9 Å². The zero-order valence-corrected chi connectivity index (χ0v) is 12.7. The van der Waals surface area contributed by atoms with Crippen LogP contribution in [0, 0.1) is 5.82 Å². The third-order valence-electron chi connectivity index (χ3n) is 3.31. The Balaban J connectivity index is 2.18. The highest BCUT2D eigenvalue weighted by atomic mass is 79.9. The molecule has 0 unspecified atom stereocenters. The molecule has 0 bridgehead atoms. The summed E-state index contributed by atoms with van der Waals surface area (Å²) in [6, 6.07) is 9.53. The first kappa shape index (κ1) is 13.8. The average molecular weight is 348 g/mol. The van der Waals surface area contributed by atoms with Crippen molar-refractivity contribution in [2.24, 2.45) is 0 Å². The molecule has 3 nitrogen and oxygen atoms in total. The molecular formula is C16H11BrFNO2. The van der Waals surface area contributed by atoms with Gasteiger partial charge in [-0.1, -0.05) is 6.07 Å². The highest BCUT2D eigenvalue weighted by Crippen LogP contribution is 2.31. The number of ether oxygens (including phenoxy) is 1. The van der Waals surface area contributed by atoms with Crippen LogP contribution in [0.4, 0.5) is 4.39 Å². The molecule has 1 aromatic heterocycles. The normalized spacial score (nSPS) is 10.8. The topological polar surface area (TPSA) is 42.1 Å². The smallest absolute Gasteiger partial charge is 0.196 e. The second-order valence-corrected chi connectivity index (χ2v) is 5.39. The number of hydrogen-bond donors (Lipinski definition) is 1. The Hall–Kier alpha value is -2.14. The number of methoxy groups -OCH3 is 1. The van der Waals surface area contributed by atoms with E-state index in [4.69, 9.17) is 4.74 Å². The molecule has 1 N–H and O–H groups in total. The molecular weight excluding hydrogens is 337 g/mol. The third kappa shape index (κ3) is 2.34. The van der Waals surface area contributed by atoms with Crippen molar-refractivity contribution in [3.8, 4) is 5.75 Å². The van der Waals surface area contributed by atoms with Gasteiger partial charge in [0.25, 0.3) is 0 Å². The Morgan fingerprint density at radius 1 is 1.24 bits per heavy atom. The van der Waals surface area contributed by atoms with Crippen LogP contribution in [-0.4, -0.2) is 17.9 Å². The van der Waals surface area contributed by atoms with E-state index in [1.807, 2.05) is 12.1 Å². The molecule has 0 atom stereocenters. The van der Waals surface area contributed by atoms with Gasteiger partial charge in [-0.2, -0.15) is 0 Å². The summed E-state index contributed by atoms with van der Waals surface area (Å²) in [6.07, 6.45) is 1.64. The van der Waals surface area contributed by atoms with E-state index in [1.165, 1.54) is 18.2 Å². The first-order valence-electron chi connectivity index (χ1n) is 6.25. The lowest BCUT2D eigenvalue weighted by Crippen LogP contribution is -2.02. The van der Waals surface area contributed by atoms with E-state index in [0.29, 0.717) is 21.3 Å². The van der Waals surface area contributed by atoms with Crippen LogP contribution in [0.25, 0.3) is 10.9 Å². The summed E-state index contributed by atoms with van der Waals surface area (Å²) in [7, 11) is 1.56. The van der Waals surface area contributed by atoms with Gasteiger partial charge in [0.2, 0.25) is 0 Å². The number of rotatable bonds is 3. The van der Waals surface area contributed by atoms with Gasteiger partial charge < -0.3 is 9.72 Å². The van der Waals surface area contributed by atoms with Crippen LogP contribution in [0.2, 0.25) is 0 Å². The standard InChI is InChI=1S/C16H11BrFNO2/c1-21-14-4-2-3-13-15(14)11(8-19-13)16(20)10-6-5-9(18)7-12(10)17/h2-8,19H,1H3. The van der Waals surface area contributed by atoms with Crippen LogP contribution in [0.15, 0.2) is 47.1 Å². The first-order valence-corrected chi connectivity index (χ1v) is 7.05. The monoisotopic (exact) mass is 347 g/mol. The largest absolute Gasteiger partial charge is 0.496 e. The molecule has 1 heterocycles. The molecule has 0 amide bonds. The van der Waals surface area contributed by atoms with Gasteiger partial charge in [0.05, 0.1) is 18.1 Å². The first-order chi connectivity index (χ1) is 10.1. The van der Waals surface area contributed by atoms with Gasteiger partial charge in [0.1, 0.15) is 11.6 Å². The van der Waals surface area contributed by atoms with Crippen molar-refractivity contribution in [1.29, 1.82) is 0 Å². The number of carbonyl (C=O) groups is 1. The summed E-state index contributed by atoms with van der Waals surface area (Å²) in [5, 5.41) is 0.723. The van der Waals surface area contributed by atoms with E-state index in [-0.39, 0.29) is 5.78 Å². The van der Waals surface area contributed by atoms with Gasteiger partial charge in [-0.15, -0.1) is 0 Å². The summed E-state index contributed by atoms with van der Waals surface area (Å²) in [5.74, 6) is 0.0305. The molecule has 0 radical (unpaired) electrons. The average Bonchev–Trinajstić information content (AvgIpc) is 2.90. The van der Waals surface area contributed by atoms with Crippen molar-refractivity contribution in [3.05, 3.63) is 64.0 Å². The van der Waals surface area contributed by atoms with Crippen LogP contribution >= 0.6 is 15.9 Å². The highest BCUT2D eigenvalue weighted by molar-refractivity contribution is 9.10. The van der Waals surface area contributed by atoms with Gasteiger partial charge in [0, 0.05) is 21.7 Å². The van der Waals surface area contributed by atoms with Crippen LogP contribution in [0.5, 0.6) is 5.75 Å². The fourth-order valence-electron chi connectivity index (χ4n) is 2.32. The van der Waals surface area contributed by atoms with Gasteiger partial charge in [-0.3, -0.25) is 4.79 Å². The zero-order valence-electron chi connectivity index (χ0n) is 11.1. The minimum absolute atomic E-state index is 0.197. The SMILES string of the molecule is COc1cccc2[nH]cc(C(=O)c3ccc(F)cc3Br)c12. The number of aromatic amines is 1. The van der Waals surface area contributed by atoms with Gasteiger partial charge >= 0.3 is 0 Å². The number of carbonyl (C=O) groups excluding carboxylic acids is 1. The number of benzene rings is 2. The summed E-state index contributed by atoms with van der Waals surface area (Å²) >= 11 is 3.23. The molecule has 21 heavy (non-hydrogen) atoms. The van der Waals surface area contributed by atoms with Crippen molar-refractivity contribution >= 4 is 32.6 Å². The molecule has 106 valence electrons. The fourth-order valence-corrected chi connectivity index (χ4v) is 2.85. The van der Waals surface area contributed by atoms with E-state index in [0.717, 1.165) is 10.9 Å². The predicted molar refractivity (Wildman–Crippen MR) is 82.4 cm³/mol. The molecule has 0 fully saturated rings. The van der Waals surface area contributed by atoms with Crippen LogP contribution in [0.3, 0.4) is 0 Å². The lowest BCUT2D eigenvalue weighted by molar-refractivity contribution is 0.103. The Labute approximate surface area is 128 Å². The van der Waals surface area contributed by atoms with Crippen molar-refractivity contribution in [2.45, 2.75) is 0 Å². The number of nitrogens with one attached hydrogen (secondary N) is 1. The molecule has 3 rings (SSSR count). The third-order valence-corrected chi connectivity index (χ3v) is 3.96. The number of aromatic nitrogens is 1. The second-order valence-electron chi connectivity index (χ2n) is 4.54. The molecule has 0 saturated carbocycles. The lowest BCUT2D eigenvalue weighted by Gasteiger charge is -2.06. The molecule has 0 aliphatic rings. The Morgan fingerprint density at radius 2 is 2.05 bits per heavy atom. The Morgan fingerprint density at radius 3 is 2.76 bits per heavy atom. The van der Waals surface area contributed by atoms with E-state index in [9.17, 15) is 9.18 Å². The van der Waals surface area contributed by atoms with Crippen molar-refractivity contribution in [2.75, 3.05) is 7.11 Å². The second kappa shape index (κ2) is 5.33. The lowest BCUT2D eigenvalue weighted by atomic mass is 10.0. The molecule has 0 spiro atoms. The Kier molecular flexibility index (Phi) is 3.51. The van der Waals surface area contributed by atoms with E-state index in [1.54, 1.807) is 19.4 Å². The van der Waals surface area contributed by atoms with Crippen molar-refractivity contribution in [1.82, 2.24) is 4.98 Å².